The fourth-order valence-corrected chi connectivity index (χ4v) is 2.49. The Labute approximate surface area is 123 Å². The van der Waals surface area contributed by atoms with E-state index in [4.69, 9.17) is 5.73 Å². The van der Waals surface area contributed by atoms with E-state index in [2.05, 4.69) is 11.8 Å². The Balaban J connectivity index is 2.15. The number of aliphatic hydroxyl groups is 1. The summed E-state index contributed by atoms with van der Waals surface area (Å²) in [4.78, 5) is 14.0. The van der Waals surface area contributed by atoms with E-state index in [-0.39, 0.29) is 30.5 Å². The van der Waals surface area contributed by atoms with Crippen LogP contribution >= 0.6 is 0 Å². The van der Waals surface area contributed by atoms with E-state index in [0.29, 0.717) is 18.7 Å². The van der Waals surface area contributed by atoms with Crippen molar-refractivity contribution in [2.24, 2.45) is 11.7 Å². The van der Waals surface area contributed by atoms with Gasteiger partial charge in [-0.25, -0.2) is 4.39 Å². The van der Waals surface area contributed by atoms with Crippen molar-refractivity contribution in [2.75, 3.05) is 26.2 Å². The minimum absolute atomic E-state index is 0.0480. The number of hydrogen-bond donors (Lipinski definition) is 2. The molecule has 0 bridgehead atoms. The third-order valence-corrected chi connectivity index (χ3v) is 3.60. The molecule has 4 nitrogen and oxygen atoms in total. The monoisotopic (exact) mass is 290 g/mol. The number of aliphatic hydroxyl groups excluding tert-OH is 1. The molecule has 112 valence electrons. The summed E-state index contributed by atoms with van der Waals surface area (Å²) in [7, 11) is 0. The van der Waals surface area contributed by atoms with Crippen molar-refractivity contribution in [3.8, 4) is 11.8 Å². The van der Waals surface area contributed by atoms with Gasteiger partial charge in [0.2, 0.25) is 0 Å². The molecule has 1 atom stereocenters. The quantitative estimate of drug-likeness (QED) is 0.798. The second-order valence-electron chi connectivity index (χ2n) is 5.14. The minimum atomic E-state index is -0.574. The smallest absolute Gasteiger partial charge is 0.256 e. The first kappa shape index (κ1) is 15.5. The Hall–Kier alpha value is -1.90. The van der Waals surface area contributed by atoms with Crippen molar-refractivity contribution in [1.82, 2.24) is 4.90 Å². The van der Waals surface area contributed by atoms with Crippen molar-refractivity contribution < 1.29 is 14.3 Å². The van der Waals surface area contributed by atoms with Crippen LogP contribution in [-0.2, 0) is 0 Å². The first-order valence-corrected chi connectivity index (χ1v) is 7.04. The lowest BCUT2D eigenvalue weighted by Crippen LogP contribution is -2.41. The van der Waals surface area contributed by atoms with E-state index in [9.17, 15) is 14.3 Å². The van der Waals surface area contributed by atoms with Gasteiger partial charge in [-0.2, -0.15) is 0 Å². The molecule has 0 aliphatic carbocycles. The molecule has 0 radical (unpaired) electrons. The number of piperidine rings is 1. The number of nitrogens with zero attached hydrogens (tertiary/aromatic N) is 1. The molecule has 3 N–H and O–H groups in total. The van der Waals surface area contributed by atoms with E-state index < -0.39 is 5.82 Å². The van der Waals surface area contributed by atoms with Crippen LogP contribution in [0.1, 0.15) is 28.8 Å². The van der Waals surface area contributed by atoms with E-state index >= 15 is 0 Å². The summed E-state index contributed by atoms with van der Waals surface area (Å²) in [5.41, 5.74) is 5.82. The Morgan fingerprint density at radius 1 is 1.52 bits per heavy atom. The first-order valence-electron chi connectivity index (χ1n) is 7.04. The topological polar surface area (TPSA) is 66.6 Å². The molecule has 5 heteroatoms. The van der Waals surface area contributed by atoms with Crippen LogP contribution < -0.4 is 5.73 Å². The fourth-order valence-electron chi connectivity index (χ4n) is 2.49. The molecule has 0 spiro atoms. The van der Waals surface area contributed by atoms with Gasteiger partial charge in [-0.15, -0.1) is 0 Å². The van der Waals surface area contributed by atoms with Gasteiger partial charge in [0.05, 0.1) is 12.1 Å². The minimum Gasteiger partial charge on any atom is -0.396 e. The first-order chi connectivity index (χ1) is 10.2. The molecule has 0 saturated carbocycles. The average molecular weight is 290 g/mol. The maximum Gasteiger partial charge on any atom is 0.256 e. The van der Waals surface area contributed by atoms with Gasteiger partial charge in [0.1, 0.15) is 5.82 Å². The van der Waals surface area contributed by atoms with E-state index in [1.165, 1.54) is 12.1 Å². The number of likely N-dealkylation sites (tertiary alicyclic amines) is 1. The number of benzene rings is 1. The number of halogens is 1. The van der Waals surface area contributed by atoms with E-state index in [0.717, 1.165) is 12.8 Å². The Morgan fingerprint density at radius 2 is 2.33 bits per heavy atom. The summed E-state index contributed by atoms with van der Waals surface area (Å²) in [5, 5.41) is 9.20. The largest absolute Gasteiger partial charge is 0.396 e. The van der Waals surface area contributed by atoms with Crippen LogP contribution in [0.4, 0.5) is 4.39 Å². The zero-order valence-corrected chi connectivity index (χ0v) is 11.8. The summed E-state index contributed by atoms with van der Waals surface area (Å²) >= 11 is 0. The van der Waals surface area contributed by atoms with Crippen molar-refractivity contribution in [1.29, 1.82) is 0 Å². The summed E-state index contributed by atoms with van der Waals surface area (Å²) in [6.45, 7) is 1.34. The molecule has 1 aliphatic heterocycles. The average Bonchev–Trinajstić information content (AvgIpc) is 2.52. The van der Waals surface area contributed by atoms with Gasteiger partial charge in [-0.05, 0) is 37.0 Å². The molecular formula is C16H19FN2O2. The van der Waals surface area contributed by atoms with Crippen molar-refractivity contribution in [3.63, 3.8) is 0 Å². The van der Waals surface area contributed by atoms with Crippen LogP contribution in [-0.4, -0.2) is 42.2 Å². The van der Waals surface area contributed by atoms with Crippen LogP contribution in [0.5, 0.6) is 0 Å². The molecule has 1 aliphatic rings. The van der Waals surface area contributed by atoms with E-state index in [1.54, 1.807) is 11.0 Å². The van der Waals surface area contributed by atoms with Gasteiger partial charge >= 0.3 is 0 Å². The lowest BCUT2D eigenvalue weighted by atomic mass is 9.98. The number of amides is 1. The second kappa shape index (κ2) is 7.21. The molecular weight excluding hydrogens is 271 g/mol. The maximum atomic E-state index is 14.1. The summed E-state index contributed by atoms with van der Waals surface area (Å²) in [6, 6.07) is 4.33. The van der Waals surface area contributed by atoms with Crippen LogP contribution in [0.2, 0.25) is 0 Å². The van der Waals surface area contributed by atoms with Crippen molar-refractivity contribution >= 4 is 5.91 Å². The van der Waals surface area contributed by atoms with Crippen LogP contribution in [0.25, 0.3) is 0 Å². The zero-order chi connectivity index (χ0) is 15.2. The highest BCUT2D eigenvalue weighted by atomic mass is 19.1. The number of nitrogens with two attached hydrogens (primary N) is 1. The number of hydrogen-bond acceptors (Lipinski definition) is 3. The van der Waals surface area contributed by atoms with Gasteiger partial charge in [0, 0.05) is 25.3 Å². The van der Waals surface area contributed by atoms with Crippen LogP contribution in [0.3, 0.4) is 0 Å². The molecule has 1 amide bonds. The lowest BCUT2D eigenvalue weighted by Gasteiger charge is -2.32. The predicted molar refractivity (Wildman–Crippen MR) is 78.0 cm³/mol. The summed E-state index contributed by atoms with van der Waals surface area (Å²) in [6.07, 6.45) is 1.73. The molecule has 1 heterocycles. The Morgan fingerprint density at radius 3 is 3.00 bits per heavy atom. The highest BCUT2D eigenvalue weighted by Crippen LogP contribution is 2.19. The Kier molecular flexibility index (Phi) is 5.32. The normalized spacial score (nSPS) is 18.0. The number of carbonyl (C=O) groups is 1. The highest BCUT2D eigenvalue weighted by molar-refractivity contribution is 5.94. The zero-order valence-electron chi connectivity index (χ0n) is 11.8. The maximum absolute atomic E-state index is 14.1. The van der Waals surface area contributed by atoms with Gasteiger partial charge in [0.15, 0.2) is 0 Å². The van der Waals surface area contributed by atoms with Crippen LogP contribution in [0.15, 0.2) is 18.2 Å². The molecule has 1 fully saturated rings. The SMILES string of the molecule is NCC#Cc1ccc(C(=O)N2CCCC(CO)C2)c(F)c1. The third-order valence-electron chi connectivity index (χ3n) is 3.60. The third kappa shape index (κ3) is 3.81. The fraction of sp³-hybridized carbons (Fsp3) is 0.438. The number of carbonyl (C=O) groups excluding carboxylic acids is 1. The lowest BCUT2D eigenvalue weighted by molar-refractivity contribution is 0.0616. The van der Waals surface area contributed by atoms with Crippen molar-refractivity contribution in [2.45, 2.75) is 12.8 Å². The predicted octanol–water partition coefficient (Wildman–Crippen LogP) is 0.980. The molecule has 1 aromatic carbocycles. The molecule has 2 rings (SSSR count). The van der Waals surface area contributed by atoms with Crippen LogP contribution in [0, 0.1) is 23.6 Å². The molecule has 1 saturated heterocycles. The van der Waals surface area contributed by atoms with Gasteiger partial charge in [-0.1, -0.05) is 11.8 Å². The highest BCUT2D eigenvalue weighted by Gasteiger charge is 2.25. The molecule has 21 heavy (non-hydrogen) atoms. The van der Waals surface area contributed by atoms with E-state index in [1.807, 2.05) is 0 Å². The Bertz CT molecular complexity index is 577. The second-order valence-corrected chi connectivity index (χ2v) is 5.14. The summed E-state index contributed by atoms with van der Waals surface area (Å²) in [5.74, 6) is 4.56. The molecule has 1 unspecified atom stereocenters. The molecule has 1 aromatic rings. The van der Waals surface area contributed by atoms with Gasteiger partial charge in [-0.3, -0.25) is 4.79 Å². The standard InChI is InChI=1S/C16H19FN2O2/c17-15-9-12(3-1-7-18)5-6-14(15)16(21)19-8-2-4-13(10-19)11-20/h5-6,9,13,20H,2,4,7-8,10-11,18H2. The van der Waals surface area contributed by atoms with Crippen molar-refractivity contribution in [3.05, 3.63) is 35.1 Å². The molecule has 0 aromatic heterocycles. The summed E-state index contributed by atoms with van der Waals surface area (Å²) < 4.78 is 14.1. The van der Waals surface area contributed by atoms with Gasteiger partial charge in [0.25, 0.3) is 5.91 Å². The number of rotatable bonds is 2. The van der Waals surface area contributed by atoms with Gasteiger partial charge < -0.3 is 15.7 Å².